The molecule has 0 aromatic heterocycles. The Hall–Kier alpha value is -0.805. The zero-order valence-electron chi connectivity index (χ0n) is 12.9. The average molecular weight is 278 g/mol. The first kappa shape index (κ1) is 14.1. The van der Waals surface area contributed by atoms with Crippen molar-refractivity contribution in [3.8, 4) is 0 Å². The van der Waals surface area contributed by atoms with Gasteiger partial charge in [0.15, 0.2) is 0 Å². The van der Waals surface area contributed by atoms with Gasteiger partial charge in [0.1, 0.15) is 0 Å². The van der Waals surface area contributed by atoms with E-state index in [1.54, 1.807) is 0 Å². The van der Waals surface area contributed by atoms with E-state index in [9.17, 15) is 4.79 Å². The number of carbonyl (C=O) groups excluding carboxylic acids is 1. The summed E-state index contributed by atoms with van der Waals surface area (Å²) in [6, 6.07) is 0. The van der Waals surface area contributed by atoms with Gasteiger partial charge in [0.05, 0.1) is 23.7 Å². The summed E-state index contributed by atoms with van der Waals surface area (Å²) in [5.74, 6) is 0.763. The van der Waals surface area contributed by atoms with E-state index in [0.29, 0.717) is 18.4 Å². The van der Waals surface area contributed by atoms with Gasteiger partial charge in [0.2, 0.25) is 0 Å². The highest BCUT2D eigenvalue weighted by Crippen LogP contribution is 2.58. The SMILES string of the molecule is CCOC(=O)C1C2C=C(B3OC(C)(C)C(C)(C)O3)CC21. The van der Waals surface area contributed by atoms with Gasteiger partial charge in [-0.3, -0.25) is 4.79 Å². The molecule has 5 heteroatoms. The molecule has 3 rings (SSSR count). The van der Waals surface area contributed by atoms with E-state index in [-0.39, 0.29) is 30.2 Å². The van der Waals surface area contributed by atoms with E-state index >= 15 is 0 Å². The van der Waals surface area contributed by atoms with Crippen LogP contribution in [0.5, 0.6) is 0 Å². The summed E-state index contributed by atoms with van der Waals surface area (Å²) >= 11 is 0. The summed E-state index contributed by atoms with van der Waals surface area (Å²) in [6.45, 7) is 10.6. The largest absolute Gasteiger partial charge is 0.490 e. The van der Waals surface area contributed by atoms with Gasteiger partial charge in [-0.05, 0) is 58.3 Å². The second-order valence-corrected chi connectivity index (χ2v) is 7.05. The lowest BCUT2D eigenvalue weighted by Crippen LogP contribution is -2.41. The van der Waals surface area contributed by atoms with Gasteiger partial charge in [-0.15, -0.1) is 0 Å². The Balaban J connectivity index is 1.65. The van der Waals surface area contributed by atoms with Crippen LogP contribution in [0.25, 0.3) is 0 Å². The topological polar surface area (TPSA) is 44.8 Å². The third kappa shape index (κ3) is 2.02. The van der Waals surface area contributed by atoms with Crippen molar-refractivity contribution in [1.82, 2.24) is 0 Å². The molecule has 0 radical (unpaired) electrons. The van der Waals surface area contributed by atoms with Gasteiger partial charge in [0, 0.05) is 0 Å². The highest BCUT2D eigenvalue weighted by molar-refractivity contribution is 6.54. The number of hydrogen-bond donors (Lipinski definition) is 0. The molecule has 0 aromatic rings. The Kier molecular flexibility index (Phi) is 3.07. The van der Waals surface area contributed by atoms with Crippen LogP contribution in [0.2, 0.25) is 0 Å². The van der Waals surface area contributed by atoms with Crippen LogP contribution in [-0.4, -0.2) is 30.9 Å². The number of carbonyl (C=O) groups is 1. The second kappa shape index (κ2) is 4.34. The smallest absolute Gasteiger partial charge is 0.466 e. The standard InChI is InChI=1S/C15H23BO4/c1-6-18-13(17)12-10-7-9(8-11(10)12)16-19-14(2,3)15(4,5)20-16/h7,10-12H,6,8H2,1-5H3. The third-order valence-electron chi connectivity index (χ3n) is 5.22. The predicted molar refractivity (Wildman–Crippen MR) is 75.9 cm³/mol. The molecule has 0 bridgehead atoms. The summed E-state index contributed by atoms with van der Waals surface area (Å²) in [4.78, 5) is 11.7. The van der Waals surface area contributed by atoms with Crippen LogP contribution in [0.4, 0.5) is 0 Å². The molecule has 3 atom stereocenters. The van der Waals surface area contributed by atoms with Crippen molar-refractivity contribution >= 4 is 13.1 Å². The summed E-state index contributed by atoms with van der Waals surface area (Å²) < 4.78 is 17.2. The summed E-state index contributed by atoms with van der Waals surface area (Å²) in [5, 5.41) is 0. The monoisotopic (exact) mass is 278 g/mol. The minimum atomic E-state index is -0.300. The first-order chi connectivity index (χ1) is 9.27. The molecular weight excluding hydrogens is 255 g/mol. The van der Waals surface area contributed by atoms with Crippen molar-refractivity contribution in [1.29, 1.82) is 0 Å². The van der Waals surface area contributed by atoms with Crippen LogP contribution >= 0.6 is 0 Å². The molecule has 1 aliphatic heterocycles. The van der Waals surface area contributed by atoms with Crippen LogP contribution in [0.1, 0.15) is 41.0 Å². The molecule has 1 saturated carbocycles. The van der Waals surface area contributed by atoms with Crippen molar-refractivity contribution in [2.24, 2.45) is 17.8 Å². The summed E-state index contributed by atoms with van der Waals surface area (Å²) in [6.07, 6.45) is 3.07. The molecule has 0 N–H and O–H groups in total. The molecule has 3 unspecified atom stereocenters. The maximum Gasteiger partial charge on any atom is 0.490 e. The maximum atomic E-state index is 11.7. The van der Waals surface area contributed by atoms with Gasteiger partial charge in [-0.1, -0.05) is 6.08 Å². The Morgan fingerprint density at radius 1 is 1.35 bits per heavy atom. The molecule has 0 aromatic carbocycles. The second-order valence-electron chi connectivity index (χ2n) is 7.05. The number of rotatable bonds is 3. The molecule has 2 fully saturated rings. The number of ether oxygens (including phenoxy) is 1. The van der Waals surface area contributed by atoms with Gasteiger partial charge < -0.3 is 14.0 Å². The minimum absolute atomic E-state index is 0.0493. The average Bonchev–Trinajstić information content (AvgIpc) is 2.72. The number of allylic oxidation sites excluding steroid dienone is 2. The van der Waals surface area contributed by atoms with E-state index in [2.05, 4.69) is 33.8 Å². The van der Waals surface area contributed by atoms with E-state index < -0.39 is 0 Å². The van der Waals surface area contributed by atoms with Crippen molar-refractivity contribution in [2.75, 3.05) is 6.61 Å². The molecule has 4 nitrogen and oxygen atoms in total. The number of hydrogen-bond acceptors (Lipinski definition) is 4. The molecule has 2 aliphatic carbocycles. The van der Waals surface area contributed by atoms with Crippen molar-refractivity contribution in [3.05, 3.63) is 11.5 Å². The Morgan fingerprint density at radius 3 is 2.40 bits per heavy atom. The van der Waals surface area contributed by atoms with Gasteiger partial charge in [0.25, 0.3) is 0 Å². The van der Waals surface area contributed by atoms with Gasteiger partial charge >= 0.3 is 13.1 Å². The molecule has 1 saturated heterocycles. The van der Waals surface area contributed by atoms with Crippen molar-refractivity contribution in [2.45, 2.75) is 52.2 Å². The quantitative estimate of drug-likeness (QED) is 0.587. The van der Waals surface area contributed by atoms with Crippen LogP contribution in [0.15, 0.2) is 11.5 Å². The summed E-state index contributed by atoms with van der Waals surface area (Å²) in [5.41, 5.74) is 0.594. The van der Waals surface area contributed by atoms with E-state index in [1.807, 2.05) is 6.92 Å². The Labute approximate surface area is 121 Å². The van der Waals surface area contributed by atoms with Crippen molar-refractivity contribution < 1.29 is 18.8 Å². The lowest BCUT2D eigenvalue weighted by molar-refractivity contribution is -0.145. The highest BCUT2D eigenvalue weighted by atomic mass is 16.7. The zero-order chi connectivity index (χ0) is 14.7. The molecule has 0 amide bonds. The highest BCUT2D eigenvalue weighted by Gasteiger charge is 2.61. The van der Waals surface area contributed by atoms with Crippen LogP contribution in [0, 0.1) is 17.8 Å². The lowest BCUT2D eigenvalue weighted by Gasteiger charge is -2.32. The third-order valence-corrected chi connectivity index (χ3v) is 5.22. The lowest BCUT2D eigenvalue weighted by atomic mass is 9.76. The predicted octanol–water partition coefficient (Wildman–Crippen LogP) is 2.37. The van der Waals surface area contributed by atoms with Crippen molar-refractivity contribution in [3.63, 3.8) is 0 Å². The molecule has 0 spiro atoms. The first-order valence-electron chi connectivity index (χ1n) is 7.49. The fourth-order valence-electron chi connectivity index (χ4n) is 3.22. The molecule has 1 heterocycles. The molecular formula is C15H23BO4. The number of esters is 1. The van der Waals surface area contributed by atoms with E-state index in [4.69, 9.17) is 14.0 Å². The van der Waals surface area contributed by atoms with Crippen LogP contribution in [-0.2, 0) is 18.8 Å². The van der Waals surface area contributed by atoms with Gasteiger partial charge in [-0.25, -0.2) is 0 Å². The summed E-state index contributed by atoms with van der Waals surface area (Å²) in [7, 11) is -0.254. The molecule has 3 aliphatic rings. The first-order valence-corrected chi connectivity index (χ1v) is 7.49. The fraction of sp³-hybridized carbons (Fsp3) is 0.800. The van der Waals surface area contributed by atoms with E-state index in [0.717, 1.165) is 6.42 Å². The fourth-order valence-corrected chi connectivity index (χ4v) is 3.22. The number of fused-ring (bicyclic) bond motifs is 1. The van der Waals surface area contributed by atoms with Crippen LogP contribution < -0.4 is 0 Å². The molecule has 20 heavy (non-hydrogen) atoms. The van der Waals surface area contributed by atoms with Crippen LogP contribution in [0.3, 0.4) is 0 Å². The maximum absolute atomic E-state index is 11.7. The minimum Gasteiger partial charge on any atom is -0.466 e. The molecule has 110 valence electrons. The Bertz CT molecular complexity index is 452. The van der Waals surface area contributed by atoms with E-state index in [1.165, 1.54) is 5.47 Å². The Morgan fingerprint density at radius 2 is 1.95 bits per heavy atom. The zero-order valence-corrected chi connectivity index (χ0v) is 12.9. The normalized spacial score (nSPS) is 36.5. The van der Waals surface area contributed by atoms with Gasteiger partial charge in [-0.2, -0.15) is 0 Å².